The predicted octanol–water partition coefficient (Wildman–Crippen LogP) is -0.194. The lowest BCUT2D eigenvalue weighted by atomic mass is 10.3. The zero-order valence-corrected chi connectivity index (χ0v) is 6.07. The van der Waals surface area contributed by atoms with Crippen LogP contribution in [0.2, 0.25) is 0 Å². The Hall–Kier alpha value is -1.39. The number of carbonyl (C=O) groups excluding carboxylic acids is 1. The zero-order chi connectivity index (χ0) is 8.27. The second kappa shape index (κ2) is 3.14. The third kappa shape index (κ3) is 2.37. The smallest absolute Gasteiger partial charge is 0.223 e. The van der Waals surface area contributed by atoms with E-state index in [1.807, 2.05) is 0 Å². The van der Waals surface area contributed by atoms with Crippen molar-refractivity contribution in [1.29, 1.82) is 0 Å². The van der Waals surface area contributed by atoms with Gasteiger partial charge in [-0.05, 0) is 0 Å². The maximum Gasteiger partial charge on any atom is 0.223 e. The number of rotatable bonds is 3. The van der Waals surface area contributed by atoms with Crippen LogP contribution in [0.3, 0.4) is 0 Å². The SMILES string of the molecule is Cc1nc([CH]CC(N)=O)no1. The molecule has 0 saturated carbocycles. The lowest BCUT2D eigenvalue weighted by molar-refractivity contribution is -0.117. The largest absolute Gasteiger partial charge is 0.370 e. The summed E-state index contributed by atoms with van der Waals surface area (Å²) in [4.78, 5) is 14.1. The first-order valence-electron chi connectivity index (χ1n) is 3.10. The maximum absolute atomic E-state index is 10.3. The summed E-state index contributed by atoms with van der Waals surface area (Å²) in [5, 5.41) is 3.54. The molecule has 0 aromatic carbocycles. The van der Waals surface area contributed by atoms with Gasteiger partial charge in [0, 0.05) is 19.8 Å². The van der Waals surface area contributed by atoms with Crippen molar-refractivity contribution in [1.82, 2.24) is 10.1 Å². The van der Waals surface area contributed by atoms with Gasteiger partial charge in [-0.25, -0.2) is 0 Å². The second-order valence-corrected chi connectivity index (χ2v) is 2.05. The molecule has 1 aromatic heterocycles. The Labute approximate surface area is 63.6 Å². The Bertz CT molecular complexity index is 256. The molecule has 1 amide bonds. The first-order valence-corrected chi connectivity index (χ1v) is 3.10. The lowest BCUT2D eigenvalue weighted by Crippen LogP contribution is -2.10. The van der Waals surface area contributed by atoms with Gasteiger partial charge < -0.3 is 10.3 Å². The standard InChI is InChI=1S/C6H8N3O2/c1-4-8-6(9-11-4)3-2-5(7)10/h3H,2H2,1H3,(H2,7,10). The van der Waals surface area contributed by atoms with Crippen LogP contribution in [-0.2, 0) is 4.79 Å². The molecule has 1 rings (SSSR count). The van der Waals surface area contributed by atoms with Gasteiger partial charge in [0.15, 0.2) is 5.82 Å². The summed E-state index contributed by atoms with van der Waals surface area (Å²) in [5.74, 6) is 0.467. The van der Waals surface area contributed by atoms with Crippen LogP contribution in [-0.4, -0.2) is 16.0 Å². The number of nitrogens with two attached hydrogens (primary N) is 1. The molecule has 1 heterocycles. The normalized spacial score (nSPS) is 9.91. The van der Waals surface area contributed by atoms with E-state index in [-0.39, 0.29) is 6.42 Å². The Morgan fingerprint density at radius 1 is 1.82 bits per heavy atom. The zero-order valence-electron chi connectivity index (χ0n) is 6.07. The molecule has 0 unspecified atom stereocenters. The molecule has 11 heavy (non-hydrogen) atoms. The van der Waals surface area contributed by atoms with E-state index in [0.29, 0.717) is 11.7 Å². The van der Waals surface area contributed by atoms with Gasteiger partial charge >= 0.3 is 0 Å². The van der Waals surface area contributed by atoms with Crippen LogP contribution < -0.4 is 5.73 Å². The molecule has 5 nitrogen and oxygen atoms in total. The maximum atomic E-state index is 10.3. The van der Waals surface area contributed by atoms with Gasteiger partial charge in [-0.15, -0.1) is 0 Å². The average molecular weight is 154 g/mol. The number of primary amides is 1. The average Bonchev–Trinajstić information content (AvgIpc) is 2.31. The van der Waals surface area contributed by atoms with E-state index in [9.17, 15) is 4.79 Å². The van der Waals surface area contributed by atoms with E-state index in [1.54, 1.807) is 6.92 Å². The van der Waals surface area contributed by atoms with Crippen LogP contribution in [0.1, 0.15) is 18.1 Å². The summed E-state index contributed by atoms with van der Waals surface area (Å²) in [6, 6.07) is 0. The Balaban J connectivity index is 2.45. The highest BCUT2D eigenvalue weighted by atomic mass is 16.5. The lowest BCUT2D eigenvalue weighted by Gasteiger charge is -1.86. The minimum Gasteiger partial charge on any atom is -0.370 e. The molecular weight excluding hydrogens is 146 g/mol. The first kappa shape index (κ1) is 7.71. The van der Waals surface area contributed by atoms with Crippen molar-refractivity contribution in [3.63, 3.8) is 0 Å². The highest BCUT2D eigenvalue weighted by molar-refractivity contribution is 5.75. The van der Waals surface area contributed by atoms with Crippen molar-refractivity contribution in [2.45, 2.75) is 13.3 Å². The molecule has 1 aromatic rings. The first-order chi connectivity index (χ1) is 5.18. The molecule has 0 aliphatic carbocycles. The van der Waals surface area contributed by atoms with Crippen molar-refractivity contribution >= 4 is 5.91 Å². The molecule has 0 atom stereocenters. The monoisotopic (exact) mass is 154 g/mol. The number of hydrogen-bond acceptors (Lipinski definition) is 4. The molecule has 0 aliphatic rings. The van der Waals surface area contributed by atoms with Crippen LogP contribution in [0.4, 0.5) is 0 Å². The third-order valence-corrected chi connectivity index (χ3v) is 1.03. The summed E-state index contributed by atoms with van der Waals surface area (Å²) in [7, 11) is 0. The van der Waals surface area contributed by atoms with Gasteiger partial charge in [0.1, 0.15) is 0 Å². The van der Waals surface area contributed by atoms with E-state index in [4.69, 9.17) is 5.73 Å². The van der Waals surface area contributed by atoms with Crippen LogP contribution in [0.15, 0.2) is 4.52 Å². The highest BCUT2D eigenvalue weighted by Crippen LogP contribution is 1.99. The van der Waals surface area contributed by atoms with Gasteiger partial charge in [-0.1, -0.05) is 5.16 Å². The van der Waals surface area contributed by atoms with E-state index in [1.165, 1.54) is 6.42 Å². The Morgan fingerprint density at radius 3 is 3.00 bits per heavy atom. The number of hydrogen-bond donors (Lipinski definition) is 1. The predicted molar refractivity (Wildman–Crippen MR) is 36.2 cm³/mol. The van der Waals surface area contributed by atoms with E-state index in [0.717, 1.165) is 0 Å². The molecule has 59 valence electrons. The molecule has 0 bridgehead atoms. The molecule has 1 radical (unpaired) electrons. The van der Waals surface area contributed by atoms with Crippen LogP contribution in [0, 0.1) is 13.3 Å². The topological polar surface area (TPSA) is 82.0 Å². The minimum atomic E-state index is -0.410. The Morgan fingerprint density at radius 2 is 2.55 bits per heavy atom. The van der Waals surface area contributed by atoms with Crippen molar-refractivity contribution in [2.75, 3.05) is 0 Å². The van der Waals surface area contributed by atoms with E-state index < -0.39 is 5.91 Å². The molecule has 0 spiro atoms. The summed E-state index contributed by atoms with van der Waals surface area (Å²) in [6.07, 6.45) is 1.65. The van der Waals surface area contributed by atoms with Crippen molar-refractivity contribution < 1.29 is 9.32 Å². The third-order valence-electron chi connectivity index (χ3n) is 1.03. The molecule has 5 heteroatoms. The second-order valence-electron chi connectivity index (χ2n) is 2.05. The summed E-state index contributed by atoms with van der Waals surface area (Å²) >= 11 is 0. The van der Waals surface area contributed by atoms with Crippen LogP contribution in [0.25, 0.3) is 0 Å². The molecule has 0 aliphatic heterocycles. The number of carbonyl (C=O) groups is 1. The summed E-state index contributed by atoms with van der Waals surface area (Å²) in [5.41, 5.74) is 4.89. The van der Waals surface area contributed by atoms with Gasteiger partial charge in [0.25, 0.3) is 0 Å². The number of nitrogens with zero attached hydrogens (tertiary/aromatic N) is 2. The fourth-order valence-corrected chi connectivity index (χ4v) is 0.590. The molecule has 0 saturated heterocycles. The number of aromatic nitrogens is 2. The number of amides is 1. The molecular formula is C6H8N3O2. The fraction of sp³-hybridized carbons (Fsp3) is 0.333. The summed E-state index contributed by atoms with van der Waals surface area (Å²) < 4.78 is 4.65. The van der Waals surface area contributed by atoms with Gasteiger partial charge in [0.05, 0.1) is 0 Å². The van der Waals surface area contributed by atoms with Gasteiger partial charge in [-0.2, -0.15) is 4.98 Å². The number of aryl methyl sites for hydroxylation is 1. The van der Waals surface area contributed by atoms with Gasteiger partial charge in [0.2, 0.25) is 11.8 Å². The van der Waals surface area contributed by atoms with Crippen molar-refractivity contribution in [3.8, 4) is 0 Å². The Kier molecular flexibility index (Phi) is 2.20. The quantitative estimate of drug-likeness (QED) is 0.653. The molecule has 2 N–H and O–H groups in total. The van der Waals surface area contributed by atoms with Crippen molar-refractivity contribution in [3.05, 3.63) is 18.1 Å². The summed E-state index contributed by atoms with van der Waals surface area (Å²) in [6.45, 7) is 1.68. The van der Waals surface area contributed by atoms with E-state index >= 15 is 0 Å². The highest BCUT2D eigenvalue weighted by Gasteiger charge is 2.03. The fourth-order valence-electron chi connectivity index (χ4n) is 0.590. The van der Waals surface area contributed by atoms with Gasteiger partial charge in [-0.3, -0.25) is 4.79 Å². The van der Waals surface area contributed by atoms with Crippen molar-refractivity contribution in [2.24, 2.45) is 5.73 Å². The minimum absolute atomic E-state index is 0.138. The van der Waals surface area contributed by atoms with Crippen LogP contribution in [0.5, 0.6) is 0 Å². The van der Waals surface area contributed by atoms with E-state index in [2.05, 4.69) is 14.7 Å². The molecule has 0 fully saturated rings. The van der Waals surface area contributed by atoms with Crippen LogP contribution >= 0.6 is 0 Å².